The number of hydrogen-bond donors (Lipinski definition) is 0. The predicted octanol–water partition coefficient (Wildman–Crippen LogP) is 1.26. The zero-order chi connectivity index (χ0) is 13.5. The fourth-order valence-electron chi connectivity index (χ4n) is 1.07. The molecule has 0 aliphatic carbocycles. The highest BCUT2D eigenvalue weighted by Crippen LogP contribution is 2.23. The molecule has 17 heavy (non-hydrogen) atoms. The number of ketones is 1. The standard InChI is InChI=1S/C12H18O5/c1-5-16-10(14)12(4,8-7-9(3)13)11(15)17-6-2/h7-8H,5-6H2,1-4H3/b8-7+. The summed E-state index contributed by atoms with van der Waals surface area (Å²) in [7, 11) is 0. The van der Waals surface area contributed by atoms with Crippen LogP contribution in [-0.4, -0.2) is 30.9 Å². The topological polar surface area (TPSA) is 69.7 Å². The molecule has 0 saturated carbocycles. The van der Waals surface area contributed by atoms with Crippen molar-refractivity contribution < 1.29 is 23.9 Å². The number of allylic oxidation sites excluding steroid dienone is 1. The minimum Gasteiger partial charge on any atom is -0.465 e. The minimum atomic E-state index is -1.57. The van der Waals surface area contributed by atoms with Crippen LogP contribution in [0, 0.1) is 5.41 Å². The van der Waals surface area contributed by atoms with Gasteiger partial charge in [0.25, 0.3) is 0 Å². The molecule has 0 saturated heterocycles. The Labute approximate surface area is 101 Å². The summed E-state index contributed by atoms with van der Waals surface area (Å²) in [6.07, 6.45) is 2.37. The Morgan fingerprint density at radius 1 is 1.06 bits per heavy atom. The van der Waals surface area contributed by atoms with Crippen molar-refractivity contribution in [2.45, 2.75) is 27.7 Å². The molecule has 0 aromatic heterocycles. The van der Waals surface area contributed by atoms with Crippen LogP contribution in [0.1, 0.15) is 27.7 Å². The Bertz CT molecular complexity index is 312. The molecule has 0 spiro atoms. The van der Waals surface area contributed by atoms with Crippen LogP contribution in [0.2, 0.25) is 0 Å². The largest absolute Gasteiger partial charge is 0.465 e. The Kier molecular flexibility index (Phi) is 6.17. The van der Waals surface area contributed by atoms with Crippen molar-refractivity contribution >= 4 is 17.7 Å². The van der Waals surface area contributed by atoms with Gasteiger partial charge in [-0.15, -0.1) is 0 Å². The van der Waals surface area contributed by atoms with Crippen molar-refractivity contribution in [3.05, 3.63) is 12.2 Å². The third kappa shape index (κ3) is 4.38. The van der Waals surface area contributed by atoms with Crippen molar-refractivity contribution in [2.24, 2.45) is 5.41 Å². The Morgan fingerprint density at radius 3 is 1.76 bits per heavy atom. The van der Waals surface area contributed by atoms with Crippen LogP contribution >= 0.6 is 0 Å². The third-order valence-corrected chi connectivity index (χ3v) is 2.05. The van der Waals surface area contributed by atoms with Crippen LogP contribution in [-0.2, 0) is 23.9 Å². The summed E-state index contributed by atoms with van der Waals surface area (Å²) in [5.74, 6) is -1.71. The highest BCUT2D eigenvalue weighted by atomic mass is 16.6. The Hall–Kier alpha value is -1.65. The van der Waals surface area contributed by atoms with Gasteiger partial charge >= 0.3 is 11.9 Å². The van der Waals surface area contributed by atoms with E-state index in [0.29, 0.717) is 0 Å². The quantitative estimate of drug-likeness (QED) is 0.398. The van der Waals surface area contributed by atoms with E-state index in [0.717, 1.165) is 6.08 Å². The van der Waals surface area contributed by atoms with E-state index in [4.69, 9.17) is 9.47 Å². The lowest BCUT2D eigenvalue weighted by molar-refractivity contribution is -0.166. The Balaban J connectivity index is 5.12. The summed E-state index contributed by atoms with van der Waals surface area (Å²) in [5, 5.41) is 0. The highest BCUT2D eigenvalue weighted by molar-refractivity contribution is 6.03. The molecule has 0 fully saturated rings. The molecule has 0 radical (unpaired) electrons. The first-order chi connectivity index (χ1) is 7.88. The zero-order valence-electron chi connectivity index (χ0n) is 10.6. The zero-order valence-corrected chi connectivity index (χ0v) is 10.6. The van der Waals surface area contributed by atoms with E-state index >= 15 is 0 Å². The van der Waals surface area contributed by atoms with Gasteiger partial charge in [0.2, 0.25) is 0 Å². The summed E-state index contributed by atoms with van der Waals surface area (Å²) < 4.78 is 9.61. The summed E-state index contributed by atoms with van der Waals surface area (Å²) >= 11 is 0. The molecule has 96 valence electrons. The summed E-state index contributed by atoms with van der Waals surface area (Å²) in [5.41, 5.74) is -1.57. The second-order valence-electron chi connectivity index (χ2n) is 3.59. The monoisotopic (exact) mass is 242 g/mol. The summed E-state index contributed by atoms with van der Waals surface area (Å²) in [6, 6.07) is 0. The second kappa shape index (κ2) is 6.83. The van der Waals surface area contributed by atoms with Gasteiger partial charge in [-0.1, -0.05) is 6.08 Å². The van der Waals surface area contributed by atoms with Crippen molar-refractivity contribution in [3.8, 4) is 0 Å². The lowest BCUT2D eigenvalue weighted by atomic mass is 9.90. The van der Waals surface area contributed by atoms with E-state index in [1.807, 2.05) is 0 Å². The normalized spacial score (nSPS) is 11.3. The van der Waals surface area contributed by atoms with E-state index < -0.39 is 17.4 Å². The summed E-state index contributed by atoms with van der Waals surface area (Å²) in [6.45, 7) is 6.27. The molecule has 0 amide bonds. The lowest BCUT2D eigenvalue weighted by Gasteiger charge is -2.21. The number of hydrogen-bond acceptors (Lipinski definition) is 5. The predicted molar refractivity (Wildman–Crippen MR) is 61.2 cm³/mol. The van der Waals surface area contributed by atoms with E-state index in [9.17, 15) is 14.4 Å². The van der Waals surface area contributed by atoms with Gasteiger partial charge in [-0.2, -0.15) is 0 Å². The van der Waals surface area contributed by atoms with E-state index in [1.165, 1.54) is 19.9 Å². The van der Waals surface area contributed by atoms with Crippen molar-refractivity contribution in [1.82, 2.24) is 0 Å². The SMILES string of the molecule is CCOC(=O)C(C)(/C=C/C(C)=O)C(=O)OCC. The molecule has 0 N–H and O–H groups in total. The van der Waals surface area contributed by atoms with Crippen LogP contribution in [0.5, 0.6) is 0 Å². The highest BCUT2D eigenvalue weighted by Gasteiger charge is 2.41. The molecule has 0 aliphatic heterocycles. The van der Waals surface area contributed by atoms with Gasteiger partial charge in [0.15, 0.2) is 11.2 Å². The molecule has 0 unspecified atom stereocenters. The van der Waals surface area contributed by atoms with Gasteiger partial charge in [-0.3, -0.25) is 14.4 Å². The van der Waals surface area contributed by atoms with Gasteiger partial charge < -0.3 is 9.47 Å². The fraction of sp³-hybridized carbons (Fsp3) is 0.583. The number of ether oxygens (including phenoxy) is 2. The molecule has 0 aliphatic rings. The third-order valence-electron chi connectivity index (χ3n) is 2.05. The molecule has 0 bridgehead atoms. The van der Waals surface area contributed by atoms with Crippen molar-refractivity contribution in [3.63, 3.8) is 0 Å². The number of carbonyl (C=O) groups excluding carboxylic acids is 3. The maximum atomic E-state index is 11.7. The van der Waals surface area contributed by atoms with Crippen LogP contribution in [0.15, 0.2) is 12.2 Å². The van der Waals surface area contributed by atoms with Crippen molar-refractivity contribution in [1.29, 1.82) is 0 Å². The van der Waals surface area contributed by atoms with Gasteiger partial charge in [0, 0.05) is 0 Å². The van der Waals surface area contributed by atoms with Gasteiger partial charge in [0.05, 0.1) is 13.2 Å². The lowest BCUT2D eigenvalue weighted by Crippen LogP contribution is -2.38. The van der Waals surface area contributed by atoms with Crippen LogP contribution in [0.25, 0.3) is 0 Å². The first-order valence-electron chi connectivity index (χ1n) is 5.42. The fourth-order valence-corrected chi connectivity index (χ4v) is 1.07. The van der Waals surface area contributed by atoms with Gasteiger partial charge in [-0.25, -0.2) is 0 Å². The average Bonchev–Trinajstić information content (AvgIpc) is 2.26. The molecule has 5 nitrogen and oxygen atoms in total. The molecule has 0 heterocycles. The van der Waals surface area contributed by atoms with Crippen LogP contribution in [0.3, 0.4) is 0 Å². The maximum absolute atomic E-state index is 11.7. The number of rotatable bonds is 6. The van der Waals surface area contributed by atoms with Crippen LogP contribution < -0.4 is 0 Å². The smallest absolute Gasteiger partial charge is 0.327 e. The maximum Gasteiger partial charge on any atom is 0.327 e. The van der Waals surface area contributed by atoms with E-state index in [1.54, 1.807) is 13.8 Å². The Morgan fingerprint density at radius 2 is 1.47 bits per heavy atom. The minimum absolute atomic E-state index is 0.155. The molecule has 0 rings (SSSR count). The van der Waals surface area contributed by atoms with Gasteiger partial charge in [-0.05, 0) is 33.8 Å². The van der Waals surface area contributed by atoms with Crippen molar-refractivity contribution in [2.75, 3.05) is 13.2 Å². The molecular weight excluding hydrogens is 224 g/mol. The first-order valence-corrected chi connectivity index (χ1v) is 5.42. The number of esters is 2. The molecule has 0 aromatic rings. The summed E-state index contributed by atoms with van der Waals surface area (Å²) in [4.78, 5) is 34.3. The van der Waals surface area contributed by atoms with Gasteiger partial charge in [0.1, 0.15) is 0 Å². The first kappa shape index (κ1) is 15.3. The van der Waals surface area contributed by atoms with Crippen LogP contribution in [0.4, 0.5) is 0 Å². The molecular formula is C12H18O5. The molecule has 0 atom stereocenters. The average molecular weight is 242 g/mol. The van der Waals surface area contributed by atoms with E-state index in [-0.39, 0.29) is 19.0 Å². The van der Waals surface area contributed by atoms with E-state index in [2.05, 4.69) is 0 Å². The molecule has 5 heteroatoms. The molecule has 0 aromatic carbocycles. The second-order valence-corrected chi connectivity index (χ2v) is 3.59. The number of carbonyl (C=O) groups is 3.